The molecule has 1 aliphatic rings. The third-order valence-electron chi connectivity index (χ3n) is 3.68. The second-order valence-corrected chi connectivity index (χ2v) is 4.87. The van der Waals surface area contributed by atoms with Crippen LogP contribution < -0.4 is 4.90 Å². The highest BCUT2D eigenvalue weighted by atomic mass is 16.5. The summed E-state index contributed by atoms with van der Waals surface area (Å²) < 4.78 is 5.28. The molecule has 0 aromatic carbocycles. The van der Waals surface area contributed by atoms with E-state index in [0.29, 0.717) is 12.6 Å². The monoisotopic (exact) mass is 280 g/mol. The molecule has 1 fully saturated rings. The van der Waals surface area contributed by atoms with E-state index in [1.54, 1.807) is 11.9 Å². The minimum absolute atomic E-state index is 0.228. The van der Waals surface area contributed by atoms with E-state index in [4.69, 9.17) is 4.74 Å². The molecule has 0 amide bonds. The predicted molar refractivity (Wildman–Crippen MR) is 72.7 cm³/mol. The fourth-order valence-corrected chi connectivity index (χ4v) is 2.39. The van der Waals surface area contributed by atoms with E-state index in [9.17, 15) is 9.90 Å². The van der Waals surface area contributed by atoms with Crippen molar-refractivity contribution in [1.82, 2.24) is 15.2 Å². The van der Waals surface area contributed by atoms with Crippen molar-refractivity contribution < 1.29 is 14.6 Å². The summed E-state index contributed by atoms with van der Waals surface area (Å²) in [5.41, 5.74) is 1.80. The van der Waals surface area contributed by atoms with Crippen LogP contribution in [0.1, 0.15) is 25.2 Å². The molecule has 2 heterocycles. The third-order valence-corrected chi connectivity index (χ3v) is 3.68. The number of anilines is 1. The van der Waals surface area contributed by atoms with Gasteiger partial charge in [-0.25, -0.2) is 4.98 Å². The van der Waals surface area contributed by atoms with Crippen LogP contribution >= 0.6 is 0 Å². The Kier molecular flexibility index (Phi) is 4.49. The highest BCUT2D eigenvalue weighted by Gasteiger charge is 2.37. The van der Waals surface area contributed by atoms with Gasteiger partial charge >= 0.3 is 5.97 Å². The summed E-state index contributed by atoms with van der Waals surface area (Å²) in [6.07, 6.45) is 1.57. The van der Waals surface area contributed by atoms with Gasteiger partial charge in [0.1, 0.15) is 5.92 Å². The minimum Gasteiger partial charge on any atom is -0.481 e. The first-order valence-electron chi connectivity index (χ1n) is 6.84. The molecule has 1 aromatic heterocycles. The highest BCUT2D eigenvalue weighted by molar-refractivity contribution is 5.72. The maximum absolute atomic E-state index is 11.2. The van der Waals surface area contributed by atoms with Crippen LogP contribution in [0.15, 0.2) is 0 Å². The van der Waals surface area contributed by atoms with Gasteiger partial charge in [-0.1, -0.05) is 13.8 Å². The fourth-order valence-electron chi connectivity index (χ4n) is 2.39. The van der Waals surface area contributed by atoms with Gasteiger partial charge in [0.2, 0.25) is 5.95 Å². The summed E-state index contributed by atoms with van der Waals surface area (Å²) in [6, 6.07) is -0.258. The second-order valence-electron chi connectivity index (χ2n) is 4.87. The van der Waals surface area contributed by atoms with Crippen LogP contribution in [0.2, 0.25) is 0 Å². The molecule has 20 heavy (non-hydrogen) atoms. The van der Waals surface area contributed by atoms with Gasteiger partial charge in [0.05, 0.1) is 30.6 Å². The van der Waals surface area contributed by atoms with Crippen LogP contribution in [0.3, 0.4) is 0 Å². The molecule has 7 heteroatoms. The zero-order valence-corrected chi connectivity index (χ0v) is 12.0. The average Bonchev–Trinajstić information content (AvgIpc) is 2.95. The van der Waals surface area contributed by atoms with E-state index >= 15 is 0 Å². The molecule has 7 nitrogen and oxygen atoms in total. The van der Waals surface area contributed by atoms with Crippen LogP contribution in [0, 0.1) is 5.92 Å². The number of nitrogens with zero attached hydrogens (tertiary/aromatic N) is 4. The first kappa shape index (κ1) is 14.6. The number of carbonyl (C=O) groups is 1. The summed E-state index contributed by atoms with van der Waals surface area (Å²) >= 11 is 0. The van der Waals surface area contributed by atoms with Crippen molar-refractivity contribution >= 4 is 11.9 Å². The molecule has 0 saturated carbocycles. The number of aromatic nitrogens is 3. The van der Waals surface area contributed by atoms with Gasteiger partial charge in [0.25, 0.3) is 0 Å². The number of hydrogen-bond donors (Lipinski definition) is 1. The lowest BCUT2D eigenvalue weighted by Crippen LogP contribution is -2.42. The first-order valence-corrected chi connectivity index (χ1v) is 6.84. The smallest absolute Gasteiger partial charge is 0.311 e. The normalized spacial score (nSPS) is 21.9. The number of hydrogen-bond acceptors (Lipinski definition) is 6. The molecule has 1 aliphatic heterocycles. The topological polar surface area (TPSA) is 88.4 Å². The van der Waals surface area contributed by atoms with E-state index in [2.05, 4.69) is 15.2 Å². The van der Waals surface area contributed by atoms with E-state index in [1.165, 1.54) is 0 Å². The van der Waals surface area contributed by atoms with Gasteiger partial charge in [-0.05, 0) is 12.8 Å². The summed E-state index contributed by atoms with van der Waals surface area (Å²) in [6.45, 7) is 4.63. The third kappa shape index (κ3) is 2.72. The van der Waals surface area contributed by atoms with Crippen molar-refractivity contribution in [3.05, 3.63) is 11.4 Å². The maximum Gasteiger partial charge on any atom is 0.311 e. The van der Waals surface area contributed by atoms with Gasteiger partial charge in [0, 0.05) is 7.05 Å². The number of carboxylic acid groups (broad SMARTS) is 1. The van der Waals surface area contributed by atoms with Crippen molar-refractivity contribution in [3.8, 4) is 0 Å². The van der Waals surface area contributed by atoms with Gasteiger partial charge in [-0.3, -0.25) is 4.79 Å². The van der Waals surface area contributed by atoms with Crippen molar-refractivity contribution in [2.45, 2.75) is 32.7 Å². The molecular weight excluding hydrogens is 260 g/mol. The Balaban J connectivity index is 2.24. The van der Waals surface area contributed by atoms with E-state index < -0.39 is 11.9 Å². The van der Waals surface area contributed by atoms with Crippen molar-refractivity contribution in [3.63, 3.8) is 0 Å². The molecule has 1 aromatic rings. The SMILES string of the molecule is CCc1nnc(N(C)C2COCC2C(=O)O)nc1CC. The molecule has 0 aliphatic carbocycles. The quantitative estimate of drug-likeness (QED) is 0.841. The van der Waals surface area contributed by atoms with E-state index in [-0.39, 0.29) is 12.6 Å². The summed E-state index contributed by atoms with van der Waals surface area (Å²) in [5.74, 6) is -0.950. The Hall–Kier alpha value is -1.76. The standard InChI is InChI=1S/C13H20N4O3/c1-4-9-10(5-2)15-16-13(14-9)17(3)11-7-20-6-8(11)12(18)19/h8,11H,4-7H2,1-3H3,(H,18,19). The van der Waals surface area contributed by atoms with Crippen LogP contribution in [0.4, 0.5) is 5.95 Å². The van der Waals surface area contributed by atoms with Crippen LogP contribution in [0.5, 0.6) is 0 Å². The van der Waals surface area contributed by atoms with Gasteiger partial charge < -0.3 is 14.7 Å². The fraction of sp³-hybridized carbons (Fsp3) is 0.692. The summed E-state index contributed by atoms with van der Waals surface area (Å²) in [5, 5.41) is 17.5. The zero-order chi connectivity index (χ0) is 14.7. The van der Waals surface area contributed by atoms with Crippen molar-refractivity contribution in [2.24, 2.45) is 5.92 Å². The van der Waals surface area contributed by atoms with Crippen molar-refractivity contribution in [2.75, 3.05) is 25.2 Å². The molecule has 0 radical (unpaired) electrons. The molecule has 1 N–H and O–H groups in total. The van der Waals surface area contributed by atoms with Crippen molar-refractivity contribution in [1.29, 1.82) is 0 Å². The Labute approximate surface area is 118 Å². The first-order chi connectivity index (χ1) is 9.58. The predicted octanol–water partition coefficient (Wildman–Crippen LogP) is 0.532. The lowest BCUT2D eigenvalue weighted by molar-refractivity contribution is -0.141. The number of aliphatic carboxylic acids is 1. The summed E-state index contributed by atoms with van der Waals surface area (Å²) in [4.78, 5) is 17.5. The Morgan fingerprint density at radius 1 is 1.30 bits per heavy atom. The lowest BCUT2D eigenvalue weighted by atomic mass is 10.0. The molecular formula is C13H20N4O3. The number of aryl methyl sites for hydroxylation is 2. The largest absolute Gasteiger partial charge is 0.481 e. The Morgan fingerprint density at radius 3 is 2.60 bits per heavy atom. The molecule has 2 rings (SSSR count). The molecule has 110 valence electrons. The summed E-state index contributed by atoms with van der Waals surface area (Å²) in [7, 11) is 1.79. The molecule has 2 unspecified atom stereocenters. The second kappa shape index (κ2) is 6.13. The number of rotatable bonds is 5. The Bertz CT molecular complexity index is 495. The highest BCUT2D eigenvalue weighted by Crippen LogP contribution is 2.22. The van der Waals surface area contributed by atoms with E-state index in [0.717, 1.165) is 24.2 Å². The van der Waals surface area contributed by atoms with Crippen LogP contribution in [-0.2, 0) is 22.4 Å². The maximum atomic E-state index is 11.2. The molecule has 1 saturated heterocycles. The molecule has 0 bridgehead atoms. The van der Waals surface area contributed by atoms with E-state index in [1.807, 2.05) is 13.8 Å². The average molecular weight is 280 g/mol. The van der Waals surface area contributed by atoms with Crippen LogP contribution in [0.25, 0.3) is 0 Å². The zero-order valence-electron chi connectivity index (χ0n) is 12.0. The lowest BCUT2D eigenvalue weighted by Gasteiger charge is -2.26. The van der Waals surface area contributed by atoms with Gasteiger partial charge in [-0.2, -0.15) is 5.10 Å². The van der Waals surface area contributed by atoms with Gasteiger partial charge in [0.15, 0.2) is 0 Å². The number of ether oxygens (including phenoxy) is 1. The van der Waals surface area contributed by atoms with Gasteiger partial charge in [-0.15, -0.1) is 5.10 Å². The Morgan fingerprint density at radius 2 is 2.00 bits per heavy atom. The molecule has 2 atom stereocenters. The minimum atomic E-state index is -0.854. The number of carboxylic acids is 1. The molecule has 0 spiro atoms. The van der Waals surface area contributed by atoms with Crippen LogP contribution in [-0.4, -0.2) is 52.6 Å². The number of likely N-dealkylation sites (N-methyl/N-ethyl adjacent to an activating group) is 1.